The third kappa shape index (κ3) is 5.02. The van der Waals surface area contributed by atoms with Gasteiger partial charge in [-0.05, 0) is 24.1 Å². The summed E-state index contributed by atoms with van der Waals surface area (Å²) in [5, 5.41) is 26.7. The number of aromatic nitrogens is 2. The van der Waals surface area contributed by atoms with Crippen molar-refractivity contribution in [1.29, 1.82) is 0 Å². The van der Waals surface area contributed by atoms with Crippen LogP contribution in [0.15, 0.2) is 46.7 Å². The number of carbonyl (C=O) groups excluding carboxylic acids is 2. The smallest absolute Gasteiger partial charge is 0.534 e. The molecule has 2 atom stereocenters. The van der Waals surface area contributed by atoms with Crippen LogP contribution in [0, 0.1) is 0 Å². The van der Waals surface area contributed by atoms with Crippen molar-refractivity contribution < 1.29 is 29.2 Å². The van der Waals surface area contributed by atoms with Gasteiger partial charge in [0.15, 0.2) is 11.2 Å². The second-order valence-electron chi connectivity index (χ2n) is 7.81. The number of nitrogens with one attached hydrogen (secondary N) is 2. The molecule has 0 aliphatic carbocycles. The minimum atomic E-state index is -1.54. The molecule has 3 heterocycles. The predicted molar refractivity (Wildman–Crippen MR) is 126 cm³/mol. The molecule has 0 fully saturated rings. The van der Waals surface area contributed by atoms with E-state index in [2.05, 4.69) is 15.6 Å². The van der Waals surface area contributed by atoms with E-state index in [-0.39, 0.29) is 34.1 Å². The minimum absolute atomic E-state index is 0.0285. The SMILES string of the molecule is Cn1ccc(C(=O)NC(C(=O)N[C@H]2Cc3cccc(C(=O)O)c3OB2O)c2csc(N)n2)cc1=O. The molecule has 0 saturated heterocycles. The Morgan fingerprint density at radius 2 is 2.11 bits per heavy atom. The molecule has 1 unspecified atom stereocenters. The second-order valence-corrected chi connectivity index (χ2v) is 8.70. The van der Waals surface area contributed by atoms with Crippen LogP contribution in [0.5, 0.6) is 5.75 Å². The fourth-order valence-electron chi connectivity index (χ4n) is 3.59. The van der Waals surface area contributed by atoms with Gasteiger partial charge in [-0.15, -0.1) is 11.3 Å². The summed E-state index contributed by atoms with van der Waals surface area (Å²) < 4.78 is 6.70. The number of nitrogens with two attached hydrogens (primary N) is 1. The molecule has 35 heavy (non-hydrogen) atoms. The minimum Gasteiger partial charge on any atom is -0.534 e. The molecule has 2 aromatic heterocycles. The lowest BCUT2D eigenvalue weighted by Crippen LogP contribution is -2.55. The normalized spacial score (nSPS) is 15.5. The first-order valence-electron chi connectivity index (χ1n) is 10.3. The van der Waals surface area contributed by atoms with Crippen LogP contribution in [0.4, 0.5) is 5.13 Å². The maximum Gasteiger partial charge on any atom is 0.547 e. The van der Waals surface area contributed by atoms with Crippen molar-refractivity contribution in [3.63, 3.8) is 0 Å². The van der Waals surface area contributed by atoms with Crippen molar-refractivity contribution >= 4 is 41.4 Å². The second kappa shape index (κ2) is 9.60. The average Bonchev–Trinajstić information content (AvgIpc) is 3.24. The lowest BCUT2D eigenvalue weighted by atomic mass is 9.72. The zero-order valence-corrected chi connectivity index (χ0v) is 19.1. The summed E-state index contributed by atoms with van der Waals surface area (Å²) in [7, 11) is -0.00563. The Morgan fingerprint density at radius 1 is 1.34 bits per heavy atom. The van der Waals surface area contributed by atoms with Crippen molar-refractivity contribution in [2.45, 2.75) is 18.4 Å². The molecule has 12 nitrogen and oxygen atoms in total. The molecular formula is C21H20BN5O7S. The number of fused-ring (bicyclic) bond motifs is 1. The molecule has 0 saturated carbocycles. The Kier molecular flexibility index (Phi) is 6.58. The van der Waals surface area contributed by atoms with Gasteiger partial charge in [-0.1, -0.05) is 12.1 Å². The third-order valence-corrected chi connectivity index (χ3v) is 6.11. The number of pyridine rings is 1. The van der Waals surface area contributed by atoms with Gasteiger partial charge in [-0.25, -0.2) is 9.78 Å². The Bertz CT molecular complexity index is 1370. The molecule has 14 heteroatoms. The first-order valence-corrected chi connectivity index (χ1v) is 11.2. The van der Waals surface area contributed by atoms with Crippen molar-refractivity contribution in [3.05, 3.63) is 74.6 Å². The van der Waals surface area contributed by atoms with Crippen molar-refractivity contribution in [1.82, 2.24) is 20.2 Å². The molecule has 1 aliphatic rings. The monoisotopic (exact) mass is 497 g/mol. The van der Waals surface area contributed by atoms with Crippen molar-refractivity contribution in [2.24, 2.45) is 7.05 Å². The number of thiazole rings is 1. The molecule has 1 aliphatic heterocycles. The average molecular weight is 497 g/mol. The van der Waals surface area contributed by atoms with Gasteiger partial charge in [-0.2, -0.15) is 0 Å². The van der Waals surface area contributed by atoms with Gasteiger partial charge in [0, 0.05) is 30.3 Å². The van der Waals surface area contributed by atoms with Crippen LogP contribution in [0.3, 0.4) is 0 Å². The summed E-state index contributed by atoms with van der Waals surface area (Å²) in [6.07, 6.45) is 1.50. The molecule has 0 spiro atoms. The molecule has 180 valence electrons. The van der Waals surface area contributed by atoms with E-state index < -0.39 is 42.4 Å². The number of para-hydroxylation sites is 1. The van der Waals surface area contributed by atoms with Crippen LogP contribution in [0.25, 0.3) is 0 Å². The number of amides is 2. The summed E-state index contributed by atoms with van der Waals surface area (Å²) in [6, 6.07) is 5.78. The van der Waals surface area contributed by atoms with Crippen LogP contribution in [0.2, 0.25) is 0 Å². The van der Waals surface area contributed by atoms with Crippen LogP contribution in [0.1, 0.15) is 38.0 Å². The highest BCUT2D eigenvalue weighted by molar-refractivity contribution is 7.13. The first-order chi connectivity index (χ1) is 16.6. The molecular weight excluding hydrogens is 477 g/mol. The number of anilines is 1. The van der Waals surface area contributed by atoms with Crippen LogP contribution in [-0.4, -0.2) is 50.5 Å². The standard InChI is InChI=1S/C21H20BN5O7S/c1-27-6-5-11(8-15(27)28)18(29)26-16(13-9-35-21(23)24-13)19(30)25-14-7-10-3-2-4-12(20(31)32)17(10)34-22(14)33/h2-6,8-9,14,16,33H,7H2,1H3,(H2,23,24)(H,25,30)(H,26,29)(H,31,32)/t14-,16?/m0/s1. The number of nitrogen functional groups attached to an aromatic ring is 1. The van der Waals surface area contributed by atoms with Crippen molar-refractivity contribution in [2.75, 3.05) is 5.73 Å². The third-order valence-electron chi connectivity index (χ3n) is 5.42. The van der Waals surface area contributed by atoms with E-state index in [0.29, 0.717) is 5.56 Å². The van der Waals surface area contributed by atoms with E-state index in [4.69, 9.17) is 10.4 Å². The number of carboxylic acids is 1. The van der Waals surface area contributed by atoms with Crippen LogP contribution in [-0.2, 0) is 18.3 Å². The van der Waals surface area contributed by atoms with Gasteiger partial charge in [0.1, 0.15) is 5.75 Å². The first kappa shape index (κ1) is 24.0. The summed E-state index contributed by atoms with van der Waals surface area (Å²) in [6.45, 7) is 0. The van der Waals surface area contributed by atoms with Gasteiger partial charge in [-0.3, -0.25) is 14.4 Å². The number of benzene rings is 1. The number of carbonyl (C=O) groups is 3. The number of rotatable bonds is 6. The maximum atomic E-state index is 13.2. The number of aryl methyl sites for hydroxylation is 1. The fourth-order valence-corrected chi connectivity index (χ4v) is 4.18. The Balaban J connectivity index is 1.56. The number of aromatic carboxylic acids is 1. The number of hydrogen-bond acceptors (Lipinski definition) is 9. The summed E-state index contributed by atoms with van der Waals surface area (Å²) in [4.78, 5) is 53.4. The molecule has 0 bridgehead atoms. The molecule has 0 radical (unpaired) electrons. The van der Waals surface area contributed by atoms with Crippen molar-refractivity contribution in [3.8, 4) is 5.75 Å². The van der Waals surface area contributed by atoms with Gasteiger partial charge in [0.25, 0.3) is 11.5 Å². The van der Waals surface area contributed by atoms with Crippen LogP contribution >= 0.6 is 11.3 Å². The number of hydrogen-bond donors (Lipinski definition) is 5. The topological polar surface area (TPSA) is 186 Å². The molecule has 3 aromatic rings. The highest BCUT2D eigenvalue weighted by atomic mass is 32.1. The lowest BCUT2D eigenvalue weighted by Gasteiger charge is -2.30. The predicted octanol–water partition coefficient (Wildman–Crippen LogP) is -0.267. The van der Waals surface area contributed by atoms with E-state index in [1.54, 1.807) is 6.07 Å². The molecule has 6 N–H and O–H groups in total. The highest BCUT2D eigenvalue weighted by Gasteiger charge is 2.39. The Morgan fingerprint density at radius 3 is 2.77 bits per heavy atom. The molecule has 1 aromatic carbocycles. The van der Waals surface area contributed by atoms with E-state index in [1.165, 1.54) is 41.4 Å². The van der Waals surface area contributed by atoms with Gasteiger partial charge < -0.3 is 35.7 Å². The summed E-state index contributed by atoms with van der Waals surface area (Å²) in [5.74, 6) is -3.53. The maximum absolute atomic E-state index is 13.2. The Hall–Kier alpha value is -4.17. The Labute approximate surface area is 202 Å². The summed E-state index contributed by atoms with van der Waals surface area (Å²) >= 11 is 1.07. The number of nitrogens with zero attached hydrogens (tertiary/aromatic N) is 2. The van der Waals surface area contributed by atoms with E-state index in [1.807, 2.05) is 0 Å². The number of carboxylic acid groups (broad SMARTS) is 1. The van der Waals surface area contributed by atoms with E-state index in [9.17, 15) is 29.3 Å². The van der Waals surface area contributed by atoms with E-state index >= 15 is 0 Å². The van der Waals surface area contributed by atoms with Gasteiger partial charge in [0.05, 0.1) is 17.2 Å². The van der Waals surface area contributed by atoms with Gasteiger partial charge in [0.2, 0.25) is 5.91 Å². The zero-order valence-electron chi connectivity index (χ0n) is 18.3. The quantitative estimate of drug-likeness (QED) is 0.286. The lowest BCUT2D eigenvalue weighted by molar-refractivity contribution is -0.123. The molecule has 2 amide bonds. The summed E-state index contributed by atoms with van der Waals surface area (Å²) in [5.41, 5.74) is 5.89. The fraction of sp³-hybridized carbons (Fsp3) is 0.190. The highest BCUT2D eigenvalue weighted by Crippen LogP contribution is 2.30. The van der Waals surface area contributed by atoms with Crippen LogP contribution < -0.4 is 26.6 Å². The van der Waals surface area contributed by atoms with Gasteiger partial charge >= 0.3 is 13.1 Å². The largest absolute Gasteiger partial charge is 0.547 e. The zero-order chi connectivity index (χ0) is 25.3. The van der Waals surface area contributed by atoms with E-state index in [0.717, 1.165) is 17.4 Å². The molecule has 4 rings (SSSR count).